The van der Waals surface area contributed by atoms with Gasteiger partial charge >= 0.3 is 0 Å². The Kier molecular flexibility index (Phi) is 7.80. The molecule has 13 rings (SSSR count). The highest BCUT2D eigenvalue weighted by atomic mass is 16.3. The first-order chi connectivity index (χ1) is 31.2. The highest BCUT2D eigenvalue weighted by Gasteiger charge is 2.21. The van der Waals surface area contributed by atoms with E-state index in [9.17, 15) is 0 Å². The highest BCUT2D eigenvalue weighted by molar-refractivity contribution is 6.19. The summed E-state index contributed by atoms with van der Waals surface area (Å²) in [5, 5.41) is 6.40. The van der Waals surface area contributed by atoms with Gasteiger partial charge in [0.05, 0.1) is 0 Å². The molecule has 9 aromatic carbocycles. The van der Waals surface area contributed by atoms with E-state index >= 15 is 0 Å². The third-order valence-corrected chi connectivity index (χ3v) is 12.2. The molecule has 0 saturated heterocycles. The molecule has 0 unspecified atom stereocenters. The maximum Gasteiger partial charge on any atom is 0.164 e. The van der Waals surface area contributed by atoms with Crippen molar-refractivity contribution < 1.29 is 13.3 Å². The fraction of sp³-hybridized carbons (Fsp3) is 0. The maximum atomic E-state index is 6.73. The molecule has 0 aliphatic rings. The Morgan fingerprint density at radius 3 is 1.52 bits per heavy atom. The van der Waals surface area contributed by atoms with Crippen LogP contribution < -0.4 is 0 Å². The molecule has 0 atom stereocenters. The van der Waals surface area contributed by atoms with Crippen molar-refractivity contribution in [2.45, 2.75) is 0 Å². The number of rotatable bonds is 6. The normalized spacial score (nSPS) is 11.8. The van der Waals surface area contributed by atoms with E-state index in [0.717, 1.165) is 116 Å². The van der Waals surface area contributed by atoms with Gasteiger partial charge < -0.3 is 13.3 Å². The predicted octanol–water partition coefficient (Wildman–Crippen LogP) is 15.6. The van der Waals surface area contributed by atoms with Crippen LogP contribution in [0.15, 0.2) is 213 Å². The van der Waals surface area contributed by atoms with E-state index in [2.05, 4.69) is 140 Å². The molecule has 63 heavy (non-hydrogen) atoms. The van der Waals surface area contributed by atoms with Gasteiger partial charge in [-0.25, -0.2) is 15.0 Å². The van der Waals surface area contributed by atoms with Crippen LogP contribution in [-0.2, 0) is 0 Å². The molecular formula is C57H33N3O3. The molecule has 6 nitrogen and oxygen atoms in total. The van der Waals surface area contributed by atoms with Crippen LogP contribution in [-0.4, -0.2) is 15.0 Å². The summed E-state index contributed by atoms with van der Waals surface area (Å²) in [5.74, 6) is 1.72. The first kappa shape index (κ1) is 35.2. The van der Waals surface area contributed by atoms with Gasteiger partial charge in [-0.2, -0.15) is 0 Å². The van der Waals surface area contributed by atoms with Crippen molar-refractivity contribution in [2.75, 3.05) is 0 Å². The second-order valence-electron chi connectivity index (χ2n) is 15.9. The average molecular weight is 808 g/mol. The minimum absolute atomic E-state index is 0.563. The van der Waals surface area contributed by atoms with Crippen LogP contribution in [0.4, 0.5) is 0 Å². The van der Waals surface area contributed by atoms with Crippen molar-refractivity contribution in [1.82, 2.24) is 15.0 Å². The SMILES string of the molecule is c1ccc(-c2cccc(-c3nc(-c4ccc(-c5ccc(-c6cccc7c6oc6ccccc67)c6oc7ccccc7c56)cc4)nc(-c4ccc5c(c4)oc4ccccc45)n3)c2)cc1. The van der Waals surface area contributed by atoms with E-state index in [-0.39, 0.29) is 0 Å². The number of fused-ring (bicyclic) bond motifs is 9. The van der Waals surface area contributed by atoms with Crippen LogP contribution in [0.3, 0.4) is 0 Å². The van der Waals surface area contributed by atoms with Gasteiger partial charge in [0.2, 0.25) is 0 Å². The summed E-state index contributed by atoms with van der Waals surface area (Å²) in [4.78, 5) is 15.4. The molecule has 4 heterocycles. The van der Waals surface area contributed by atoms with Gasteiger partial charge in [0, 0.05) is 60.1 Å². The predicted molar refractivity (Wildman–Crippen MR) is 254 cm³/mol. The van der Waals surface area contributed by atoms with E-state index in [1.165, 1.54) is 0 Å². The number of para-hydroxylation sites is 4. The number of hydrogen-bond acceptors (Lipinski definition) is 6. The smallest absolute Gasteiger partial charge is 0.164 e. The van der Waals surface area contributed by atoms with Gasteiger partial charge in [-0.05, 0) is 64.7 Å². The quantitative estimate of drug-likeness (QED) is 0.166. The fourth-order valence-corrected chi connectivity index (χ4v) is 9.14. The molecule has 0 amide bonds. The van der Waals surface area contributed by atoms with Gasteiger partial charge in [0.25, 0.3) is 0 Å². The second-order valence-corrected chi connectivity index (χ2v) is 15.9. The first-order valence-corrected chi connectivity index (χ1v) is 21.0. The third kappa shape index (κ3) is 5.76. The Hall–Kier alpha value is -8.61. The lowest BCUT2D eigenvalue weighted by molar-refractivity contribution is 0.665. The number of furan rings is 3. The molecule has 0 radical (unpaired) electrons. The summed E-state index contributed by atoms with van der Waals surface area (Å²) in [6.45, 7) is 0. The Morgan fingerprint density at radius 2 is 0.746 bits per heavy atom. The molecule has 0 fully saturated rings. The molecule has 0 N–H and O–H groups in total. The average Bonchev–Trinajstić information content (AvgIpc) is 4.06. The van der Waals surface area contributed by atoms with Crippen LogP contribution in [0.2, 0.25) is 0 Å². The summed E-state index contributed by atoms with van der Waals surface area (Å²) >= 11 is 0. The third-order valence-electron chi connectivity index (χ3n) is 12.2. The lowest BCUT2D eigenvalue weighted by Gasteiger charge is -2.11. The summed E-state index contributed by atoms with van der Waals surface area (Å²) in [6, 6.07) is 68.6. The lowest BCUT2D eigenvalue weighted by atomic mass is 9.93. The minimum atomic E-state index is 0.563. The summed E-state index contributed by atoms with van der Waals surface area (Å²) in [5.41, 5.74) is 13.9. The molecule has 0 aliphatic heterocycles. The topological polar surface area (TPSA) is 78.1 Å². The molecule has 294 valence electrons. The van der Waals surface area contributed by atoms with Crippen LogP contribution in [0, 0.1) is 0 Å². The van der Waals surface area contributed by atoms with Crippen LogP contribution in [0.25, 0.3) is 133 Å². The number of nitrogens with zero attached hydrogens (tertiary/aromatic N) is 3. The molecule has 0 spiro atoms. The molecular weight excluding hydrogens is 775 g/mol. The van der Waals surface area contributed by atoms with Gasteiger partial charge in [-0.15, -0.1) is 0 Å². The van der Waals surface area contributed by atoms with Crippen molar-refractivity contribution in [3.63, 3.8) is 0 Å². The van der Waals surface area contributed by atoms with Crippen molar-refractivity contribution in [1.29, 1.82) is 0 Å². The van der Waals surface area contributed by atoms with Gasteiger partial charge in [-0.3, -0.25) is 0 Å². The molecule has 0 aliphatic carbocycles. The van der Waals surface area contributed by atoms with E-state index in [1.807, 2.05) is 60.7 Å². The standard InChI is InChI=1S/C57H33N3O3/c1-2-12-34(13-3-1)37-14-10-15-38(32-37)56-58-55(59-57(60-56)39-28-29-43-41-16-4-7-21-48(41)61-51(43)33-39)36-26-24-35(25-27-36)40-30-31-46(54-52(40)47-18-6-9-23-50(47)63-54)45-20-11-19-44-42-17-5-8-22-49(42)62-53(44)45/h1-33H. The van der Waals surface area contributed by atoms with E-state index in [0.29, 0.717) is 17.5 Å². The Morgan fingerprint density at radius 1 is 0.254 bits per heavy atom. The zero-order valence-electron chi connectivity index (χ0n) is 33.6. The van der Waals surface area contributed by atoms with Gasteiger partial charge in [-0.1, -0.05) is 158 Å². The monoisotopic (exact) mass is 807 g/mol. The van der Waals surface area contributed by atoms with Crippen LogP contribution in [0.1, 0.15) is 0 Å². The maximum absolute atomic E-state index is 6.73. The first-order valence-electron chi connectivity index (χ1n) is 21.0. The minimum Gasteiger partial charge on any atom is -0.456 e. The fourth-order valence-electron chi connectivity index (χ4n) is 9.14. The van der Waals surface area contributed by atoms with Crippen LogP contribution in [0.5, 0.6) is 0 Å². The number of benzene rings is 9. The number of hydrogen-bond donors (Lipinski definition) is 0. The molecule has 0 bridgehead atoms. The Labute approximate surface area is 360 Å². The van der Waals surface area contributed by atoms with E-state index in [4.69, 9.17) is 28.2 Å². The lowest BCUT2D eigenvalue weighted by Crippen LogP contribution is -2.00. The van der Waals surface area contributed by atoms with Crippen LogP contribution >= 0.6 is 0 Å². The van der Waals surface area contributed by atoms with Crippen molar-refractivity contribution in [3.8, 4) is 67.5 Å². The van der Waals surface area contributed by atoms with E-state index < -0.39 is 0 Å². The summed E-state index contributed by atoms with van der Waals surface area (Å²) in [7, 11) is 0. The zero-order chi connectivity index (χ0) is 41.4. The van der Waals surface area contributed by atoms with Crippen molar-refractivity contribution in [2.24, 2.45) is 0 Å². The van der Waals surface area contributed by atoms with E-state index in [1.54, 1.807) is 0 Å². The van der Waals surface area contributed by atoms with Crippen molar-refractivity contribution >= 4 is 65.8 Å². The largest absolute Gasteiger partial charge is 0.456 e. The van der Waals surface area contributed by atoms with Crippen molar-refractivity contribution in [3.05, 3.63) is 200 Å². The summed E-state index contributed by atoms with van der Waals surface area (Å²) < 4.78 is 19.5. The molecule has 4 aromatic heterocycles. The van der Waals surface area contributed by atoms with Gasteiger partial charge in [0.1, 0.15) is 33.5 Å². The molecule has 6 heteroatoms. The zero-order valence-corrected chi connectivity index (χ0v) is 33.6. The molecule has 0 saturated carbocycles. The number of aromatic nitrogens is 3. The highest BCUT2D eigenvalue weighted by Crippen LogP contribution is 2.45. The summed E-state index contributed by atoms with van der Waals surface area (Å²) in [6.07, 6.45) is 0. The molecule has 13 aromatic rings. The Bertz CT molecular complexity index is 3920. The Balaban J connectivity index is 0.946. The second kappa shape index (κ2) is 14.0. The van der Waals surface area contributed by atoms with Gasteiger partial charge in [0.15, 0.2) is 17.5 Å².